The van der Waals surface area contributed by atoms with Gasteiger partial charge in [0.25, 0.3) is 0 Å². The van der Waals surface area contributed by atoms with Gasteiger partial charge in [0, 0.05) is 48.9 Å². The highest BCUT2D eigenvalue weighted by molar-refractivity contribution is 14.0. The molecule has 0 saturated carbocycles. The average Bonchev–Trinajstić information content (AvgIpc) is 2.85. The number of hydrogen-bond donors (Lipinski definition) is 2. The molecule has 1 saturated heterocycles. The lowest BCUT2D eigenvalue weighted by atomic mass is 10.1. The summed E-state index contributed by atoms with van der Waals surface area (Å²) in [6.45, 7) is 9.55. The van der Waals surface area contributed by atoms with E-state index in [0.717, 1.165) is 31.3 Å². The SMILES string of the molecule is CN=C(NCc1cn[nH]c1C)N1CCSC(C(C)C)C1.I. The molecule has 21 heavy (non-hydrogen) atoms. The van der Waals surface area contributed by atoms with E-state index in [4.69, 9.17) is 0 Å². The zero-order chi connectivity index (χ0) is 14.5. The summed E-state index contributed by atoms with van der Waals surface area (Å²) in [6, 6.07) is 0. The van der Waals surface area contributed by atoms with Crippen LogP contribution in [0.1, 0.15) is 25.1 Å². The van der Waals surface area contributed by atoms with Gasteiger partial charge in [-0.15, -0.1) is 24.0 Å². The summed E-state index contributed by atoms with van der Waals surface area (Å²) in [4.78, 5) is 6.80. The molecule has 2 N–H and O–H groups in total. The summed E-state index contributed by atoms with van der Waals surface area (Å²) in [6.07, 6.45) is 1.87. The summed E-state index contributed by atoms with van der Waals surface area (Å²) in [7, 11) is 1.86. The normalized spacial score (nSPS) is 19.6. The number of aromatic amines is 1. The highest BCUT2D eigenvalue weighted by Crippen LogP contribution is 2.24. The van der Waals surface area contributed by atoms with Gasteiger partial charge in [0.1, 0.15) is 0 Å². The van der Waals surface area contributed by atoms with E-state index in [0.29, 0.717) is 11.2 Å². The first-order valence-electron chi connectivity index (χ1n) is 7.18. The Morgan fingerprint density at radius 1 is 1.62 bits per heavy atom. The molecule has 1 aliphatic heterocycles. The number of nitrogens with one attached hydrogen (secondary N) is 2. The van der Waals surface area contributed by atoms with Crippen LogP contribution < -0.4 is 5.32 Å². The Kier molecular flexibility index (Phi) is 7.86. The number of rotatable bonds is 3. The number of aryl methyl sites for hydroxylation is 1. The Morgan fingerprint density at radius 2 is 2.38 bits per heavy atom. The van der Waals surface area contributed by atoms with E-state index in [1.165, 1.54) is 11.3 Å². The molecule has 7 heteroatoms. The summed E-state index contributed by atoms with van der Waals surface area (Å²) in [5, 5.41) is 11.2. The van der Waals surface area contributed by atoms with E-state index >= 15 is 0 Å². The van der Waals surface area contributed by atoms with Gasteiger partial charge in [0.05, 0.1) is 6.20 Å². The van der Waals surface area contributed by atoms with Crippen molar-refractivity contribution < 1.29 is 0 Å². The number of aliphatic imine (C=N–C) groups is 1. The van der Waals surface area contributed by atoms with Crippen LogP contribution in [0.2, 0.25) is 0 Å². The van der Waals surface area contributed by atoms with Crippen molar-refractivity contribution in [3.63, 3.8) is 0 Å². The van der Waals surface area contributed by atoms with Gasteiger partial charge < -0.3 is 10.2 Å². The second-order valence-corrected chi connectivity index (χ2v) is 6.87. The van der Waals surface area contributed by atoms with Crippen molar-refractivity contribution in [1.29, 1.82) is 0 Å². The van der Waals surface area contributed by atoms with E-state index in [1.54, 1.807) is 0 Å². The highest BCUT2D eigenvalue weighted by Gasteiger charge is 2.24. The molecule has 1 fully saturated rings. The fourth-order valence-electron chi connectivity index (χ4n) is 2.33. The van der Waals surface area contributed by atoms with E-state index in [1.807, 2.05) is 20.2 Å². The van der Waals surface area contributed by atoms with Crippen molar-refractivity contribution in [2.24, 2.45) is 10.9 Å². The topological polar surface area (TPSA) is 56.3 Å². The molecule has 0 radical (unpaired) electrons. The second-order valence-electron chi connectivity index (χ2n) is 5.52. The van der Waals surface area contributed by atoms with Gasteiger partial charge in [-0.25, -0.2) is 0 Å². The lowest BCUT2D eigenvalue weighted by molar-refractivity contribution is 0.380. The molecule has 2 heterocycles. The summed E-state index contributed by atoms with van der Waals surface area (Å²) >= 11 is 2.08. The van der Waals surface area contributed by atoms with Gasteiger partial charge in [0.2, 0.25) is 0 Å². The van der Waals surface area contributed by atoms with Crippen molar-refractivity contribution in [3.05, 3.63) is 17.5 Å². The van der Waals surface area contributed by atoms with Crippen LogP contribution in [-0.2, 0) is 6.54 Å². The maximum Gasteiger partial charge on any atom is 0.193 e. The van der Waals surface area contributed by atoms with Crippen LogP contribution in [0, 0.1) is 12.8 Å². The standard InChI is InChI=1S/C14H25N5S.HI/c1-10(2)13-9-19(5-6-20-13)14(15-4)16-7-12-8-17-18-11(12)3;/h8,10,13H,5-7,9H2,1-4H3,(H,15,16)(H,17,18);1H. The number of H-pyrrole nitrogens is 1. The quantitative estimate of drug-likeness (QED) is 0.446. The van der Waals surface area contributed by atoms with E-state index < -0.39 is 0 Å². The molecule has 5 nitrogen and oxygen atoms in total. The Morgan fingerprint density at radius 3 is 2.95 bits per heavy atom. The third-order valence-corrected chi connectivity index (χ3v) is 5.26. The zero-order valence-corrected chi connectivity index (χ0v) is 16.4. The number of guanidine groups is 1. The van der Waals surface area contributed by atoms with Gasteiger partial charge in [-0.3, -0.25) is 10.1 Å². The van der Waals surface area contributed by atoms with Crippen molar-refractivity contribution in [1.82, 2.24) is 20.4 Å². The van der Waals surface area contributed by atoms with Gasteiger partial charge in [0.15, 0.2) is 5.96 Å². The molecule has 0 bridgehead atoms. The lowest BCUT2D eigenvalue weighted by Gasteiger charge is -2.36. The van der Waals surface area contributed by atoms with E-state index in [-0.39, 0.29) is 24.0 Å². The number of hydrogen-bond acceptors (Lipinski definition) is 3. The van der Waals surface area contributed by atoms with Crippen LogP contribution in [0.4, 0.5) is 0 Å². The monoisotopic (exact) mass is 423 g/mol. The molecule has 120 valence electrons. The fraction of sp³-hybridized carbons (Fsp3) is 0.714. The molecule has 1 aliphatic rings. The predicted octanol–water partition coefficient (Wildman–Crippen LogP) is 2.48. The lowest BCUT2D eigenvalue weighted by Crippen LogP contribution is -2.48. The van der Waals surface area contributed by atoms with Crippen LogP contribution in [0.15, 0.2) is 11.2 Å². The van der Waals surface area contributed by atoms with Crippen molar-refractivity contribution >= 4 is 41.7 Å². The molecule has 1 aromatic rings. The molecular weight excluding hydrogens is 397 g/mol. The van der Waals surface area contributed by atoms with Crippen LogP contribution >= 0.6 is 35.7 Å². The molecule has 1 unspecified atom stereocenters. The van der Waals surface area contributed by atoms with Crippen molar-refractivity contribution in [2.45, 2.75) is 32.6 Å². The van der Waals surface area contributed by atoms with Gasteiger partial charge >= 0.3 is 0 Å². The first-order valence-corrected chi connectivity index (χ1v) is 8.22. The Hall–Kier alpha value is -0.440. The molecular formula is C14H26IN5S. The maximum atomic E-state index is 4.43. The number of aromatic nitrogens is 2. The number of nitrogens with zero attached hydrogens (tertiary/aromatic N) is 3. The summed E-state index contributed by atoms with van der Waals surface area (Å²) in [5.41, 5.74) is 2.31. The van der Waals surface area contributed by atoms with Crippen LogP contribution in [0.25, 0.3) is 0 Å². The third kappa shape index (κ3) is 5.05. The van der Waals surface area contributed by atoms with Crippen LogP contribution in [-0.4, -0.2) is 52.2 Å². The van der Waals surface area contributed by atoms with Crippen molar-refractivity contribution in [3.8, 4) is 0 Å². The highest BCUT2D eigenvalue weighted by atomic mass is 127. The third-order valence-electron chi connectivity index (χ3n) is 3.72. The molecule has 1 aromatic heterocycles. The fourth-order valence-corrected chi connectivity index (χ4v) is 3.63. The predicted molar refractivity (Wildman–Crippen MR) is 102 cm³/mol. The smallest absolute Gasteiger partial charge is 0.193 e. The first kappa shape index (κ1) is 18.6. The van der Waals surface area contributed by atoms with Gasteiger partial charge in [-0.05, 0) is 12.8 Å². The van der Waals surface area contributed by atoms with Gasteiger partial charge in [-0.1, -0.05) is 13.8 Å². The first-order chi connectivity index (χ1) is 9.61. The van der Waals surface area contributed by atoms with Gasteiger partial charge in [-0.2, -0.15) is 16.9 Å². The Labute approximate surface area is 148 Å². The number of halogens is 1. The average molecular weight is 423 g/mol. The molecule has 0 aliphatic carbocycles. The summed E-state index contributed by atoms with van der Waals surface area (Å²) in [5.74, 6) is 2.88. The largest absolute Gasteiger partial charge is 0.352 e. The second kappa shape index (κ2) is 8.87. The van der Waals surface area contributed by atoms with Crippen LogP contribution in [0.3, 0.4) is 0 Å². The molecule has 1 atom stereocenters. The minimum absolute atomic E-state index is 0. The molecule has 0 amide bonds. The van der Waals surface area contributed by atoms with Crippen molar-refractivity contribution in [2.75, 3.05) is 25.9 Å². The Bertz CT molecular complexity index is 460. The van der Waals surface area contributed by atoms with E-state index in [2.05, 4.69) is 51.0 Å². The summed E-state index contributed by atoms with van der Waals surface area (Å²) < 4.78 is 0. The minimum Gasteiger partial charge on any atom is -0.352 e. The zero-order valence-electron chi connectivity index (χ0n) is 13.2. The molecule has 2 rings (SSSR count). The Balaban J connectivity index is 0.00000220. The number of thioether (sulfide) groups is 1. The molecule has 0 aromatic carbocycles. The maximum absolute atomic E-state index is 4.43. The molecule has 0 spiro atoms. The minimum atomic E-state index is 0. The van der Waals surface area contributed by atoms with E-state index in [9.17, 15) is 0 Å². The van der Waals surface area contributed by atoms with Crippen LogP contribution in [0.5, 0.6) is 0 Å².